The second-order valence-corrected chi connectivity index (χ2v) is 4.26. The van der Waals surface area contributed by atoms with Crippen molar-refractivity contribution in [1.29, 1.82) is 0 Å². The third-order valence-corrected chi connectivity index (χ3v) is 2.61. The number of anilines is 1. The number of carbonyl (C=O) groups is 1. The molecule has 5 heteroatoms. The van der Waals surface area contributed by atoms with E-state index in [2.05, 4.69) is 5.32 Å². The highest BCUT2D eigenvalue weighted by molar-refractivity contribution is 5.91. The van der Waals surface area contributed by atoms with Crippen LogP contribution in [0.3, 0.4) is 0 Å². The molecule has 0 aromatic heterocycles. The minimum absolute atomic E-state index is 0.235. The van der Waals surface area contributed by atoms with Gasteiger partial charge in [0.05, 0.1) is 0 Å². The predicted octanol–water partition coefficient (Wildman–Crippen LogP) is 3.29. The quantitative estimate of drug-likeness (QED) is 0.931. The summed E-state index contributed by atoms with van der Waals surface area (Å²) in [6.07, 6.45) is 0. The lowest BCUT2D eigenvalue weighted by Crippen LogP contribution is -2.20. The average molecular weight is 277 g/mol. The van der Waals surface area contributed by atoms with Gasteiger partial charge in [0.2, 0.25) is 0 Å². The molecule has 0 unspecified atom stereocenters. The topological polar surface area (TPSA) is 38.3 Å². The van der Waals surface area contributed by atoms with E-state index >= 15 is 0 Å². The first kappa shape index (κ1) is 14.0. The van der Waals surface area contributed by atoms with E-state index in [1.54, 1.807) is 13.0 Å². The van der Waals surface area contributed by atoms with Crippen molar-refractivity contribution in [3.05, 3.63) is 59.7 Å². The molecule has 0 bridgehead atoms. The Bertz CT molecular complexity index is 629. The van der Waals surface area contributed by atoms with Crippen LogP contribution in [0.5, 0.6) is 5.75 Å². The monoisotopic (exact) mass is 277 g/mol. The summed E-state index contributed by atoms with van der Waals surface area (Å²) in [7, 11) is 0. The Labute approximate surface area is 115 Å². The van der Waals surface area contributed by atoms with Crippen molar-refractivity contribution in [1.82, 2.24) is 0 Å². The van der Waals surface area contributed by atoms with Gasteiger partial charge >= 0.3 is 0 Å². The fourth-order valence-electron chi connectivity index (χ4n) is 1.62. The molecule has 2 aromatic carbocycles. The number of amides is 1. The molecule has 0 aliphatic heterocycles. The first-order valence-corrected chi connectivity index (χ1v) is 5.99. The van der Waals surface area contributed by atoms with Crippen molar-refractivity contribution in [3.63, 3.8) is 0 Å². The highest BCUT2D eigenvalue weighted by Gasteiger charge is 2.05. The molecule has 104 valence electrons. The second-order valence-electron chi connectivity index (χ2n) is 4.26. The molecule has 1 amide bonds. The van der Waals surface area contributed by atoms with Gasteiger partial charge in [-0.1, -0.05) is 6.07 Å². The zero-order chi connectivity index (χ0) is 14.5. The minimum Gasteiger partial charge on any atom is -0.484 e. The number of hydrogen-bond acceptors (Lipinski definition) is 2. The maximum absolute atomic E-state index is 13.1. The molecule has 0 radical (unpaired) electrons. The van der Waals surface area contributed by atoms with Gasteiger partial charge in [0.1, 0.15) is 17.4 Å². The van der Waals surface area contributed by atoms with Crippen molar-refractivity contribution >= 4 is 11.6 Å². The molecule has 3 nitrogen and oxygen atoms in total. The van der Waals surface area contributed by atoms with Gasteiger partial charge in [-0.3, -0.25) is 4.79 Å². The Morgan fingerprint density at radius 3 is 2.70 bits per heavy atom. The Hall–Kier alpha value is -2.43. The molecule has 0 fully saturated rings. The molecule has 0 spiro atoms. The highest BCUT2D eigenvalue weighted by atomic mass is 19.1. The van der Waals surface area contributed by atoms with Crippen LogP contribution in [0.25, 0.3) is 0 Å². The van der Waals surface area contributed by atoms with Crippen LogP contribution < -0.4 is 10.1 Å². The van der Waals surface area contributed by atoms with Crippen LogP contribution in [0.1, 0.15) is 5.56 Å². The van der Waals surface area contributed by atoms with E-state index in [0.717, 1.165) is 0 Å². The van der Waals surface area contributed by atoms with Crippen molar-refractivity contribution in [2.45, 2.75) is 6.92 Å². The van der Waals surface area contributed by atoms with E-state index < -0.39 is 11.7 Å². The average Bonchev–Trinajstić information content (AvgIpc) is 2.40. The van der Waals surface area contributed by atoms with Crippen molar-refractivity contribution < 1.29 is 18.3 Å². The number of carbonyl (C=O) groups excluding carboxylic acids is 1. The van der Waals surface area contributed by atoms with Gasteiger partial charge in [-0.2, -0.15) is 0 Å². The maximum atomic E-state index is 13.1. The molecule has 0 saturated carbocycles. The zero-order valence-corrected chi connectivity index (χ0v) is 10.8. The van der Waals surface area contributed by atoms with Gasteiger partial charge in [0.15, 0.2) is 6.61 Å². The maximum Gasteiger partial charge on any atom is 0.262 e. The summed E-state index contributed by atoms with van der Waals surface area (Å²) in [6, 6.07) is 9.78. The second kappa shape index (κ2) is 6.14. The fraction of sp³-hybridized carbons (Fsp3) is 0.133. The predicted molar refractivity (Wildman–Crippen MR) is 71.7 cm³/mol. The zero-order valence-electron chi connectivity index (χ0n) is 10.8. The third-order valence-electron chi connectivity index (χ3n) is 2.61. The van der Waals surface area contributed by atoms with Crippen LogP contribution in [0.15, 0.2) is 42.5 Å². The molecule has 0 heterocycles. The summed E-state index contributed by atoms with van der Waals surface area (Å²) in [5.74, 6) is -0.782. The van der Waals surface area contributed by atoms with Crippen molar-refractivity contribution in [2.75, 3.05) is 11.9 Å². The van der Waals surface area contributed by atoms with E-state index in [-0.39, 0.29) is 12.4 Å². The van der Waals surface area contributed by atoms with E-state index in [0.29, 0.717) is 17.0 Å². The van der Waals surface area contributed by atoms with E-state index in [9.17, 15) is 13.6 Å². The smallest absolute Gasteiger partial charge is 0.262 e. The van der Waals surface area contributed by atoms with Crippen LogP contribution in [0.4, 0.5) is 14.5 Å². The lowest BCUT2D eigenvalue weighted by molar-refractivity contribution is -0.118. The summed E-state index contributed by atoms with van der Waals surface area (Å²) in [5, 5.41) is 2.50. The molecule has 0 atom stereocenters. The summed E-state index contributed by atoms with van der Waals surface area (Å²) < 4.78 is 31.2. The van der Waals surface area contributed by atoms with Crippen LogP contribution in [0, 0.1) is 18.6 Å². The normalized spacial score (nSPS) is 10.2. The lowest BCUT2D eigenvalue weighted by Gasteiger charge is -2.08. The Kier molecular flexibility index (Phi) is 4.30. The van der Waals surface area contributed by atoms with Crippen LogP contribution in [0.2, 0.25) is 0 Å². The van der Waals surface area contributed by atoms with Gasteiger partial charge in [-0.05, 0) is 48.9 Å². The summed E-state index contributed by atoms with van der Waals surface area (Å²) >= 11 is 0. The number of rotatable bonds is 4. The number of ether oxygens (including phenoxy) is 1. The minimum atomic E-state index is -0.433. The van der Waals surface area contributed by atoms with Crippen LogP contribution in [-0.2, 0) is 4.79 Å². The number of hydrogen-bond donors (Lipinski definition) is 1. The standard InChI is InChI=1S/C15H13F2NO2/c1-10-7-13(5-6-14(10)17)20-9-15(19)18-12-4-2-3-11(16)8-12/h2-8H,9H2,1H3,(H,18,19). The molecular weight excluding hydrogens is 264 g/mol. The Balaban J connectivity index is 1.90. The number of halogens is 2. The highest BCUT2D eigenvalue weighted by Crippen LogP contribution is 2.16. The molecule has 20 heavy (non-hydrogen) atoms. The van der Waals surface area contributed by atoms with E-state index in [1.807, 2.05) is 0 Å². The SMILES string of the molecule is Cc1cc(OCC(=O)Nc2cccc(F)c2)ccc1F. The number of aryl methyl sites for hydroxylation is 1. The Morgan fingerprint density at radius 2 is 2.00 bits per heavy atom. The molecule has 2 aromatic rings. The molecular formula is C15H13F2NO2. The summed E-state index contributed by atoms with van der Waals surface area (Å²) in [4.78, 5) is 11.6. The molecule has 2 rings (SSSR count). The summed E-state index contributed by atoms with van der Waals surface area (Å²) in [6.45, 7) is 1.37. The van der Waals surface area contributed by atoms with Gasteiger partial charge in [-0.25, -0.2) is 8.78 Å². The first-order chi connectivity index (χ1) is 9.54. The first-order valence-electron chi connectivity index (χ1n) is 5.99. The fourth-order valence-corrected chi connectivity index (χ4v) is 1.62. The van der Waals surface area contributed by atoms with E-state index in [4.69, 9.17) is 4.74 Å². The van der Waals surface area contributed by atoms with Crippen molar-refractivity contribution in [3.8, 4) is 5.75 Å². The third kappa shape index (κ3) is 3.78. The van der Waals surface area contributed by atoms with Gasteiger partial charge < -0.3 is 10.1 Å². The van der Waals surface area contributed by atoms with Gasteiger partial charge in [0, 0.05) is 5.69 Å². The lowest BCUT2D eigenvalue weighted by atomic mass is 10.2. The van der Waals surface area contributed by atoms with Gasteiger partial charge in [-0.15, -0.1) is 0 Å². The molecule has 1 N–H and O–H groups in total. The molecule has 0 saturated heterocycles. The van der Waals surface area contributed by atoms with Gasteiger partial charge in [0.25, 0.3) is 5.91 Å². The number of nitrogens with one attached hydrogen (secondary N) is 1. The van der Waals surface area contributed by atoms with Crippen LogP contribution in [-0.4, -0.2) is 12.5 Å². The summed E-state index contributed by atoms with van der Waals surface area (Å²) in [5.41, 5.74) is 0.793. The largest absolute Gasteiger partial charge is 0.484 e. The van der Waals surface area contributed by atoms with Crippen molar-refractivity contribution in [2.24, 2.45) is 0 Å². The van der Waals surface area contributed by atoms with Crippen LogP contribution >= 0.6 is 0 Å². The Morgan fingerprint density at radius 1 is 1.20 bits per heavy atom. The molecule has 0 aliphatic rings. The van der Waals surface area contributed by atoms with E-state index in [1.165, 1.54) is 36.4 Å². The number of benzene rings is 2. The molecule has 0 aliphatic carbocycles.